The second kappa shape index (κ2) is 6.64. The van der Waals surface area contributed by atoms with Crippen molar-refractivity contribution in [2.45, 2.75) is 24.3 Å². The molecule has 0 bridgehead atoms. The Morgan fingerprint density at radius 2 is 2.15 bits per heavy atom. The van der Waals surface area contributed by atoms with Crippen LogP contribution in [-0.4, -0.2) is 33.0 Å². The summed E-state index contributed by atoms with van der Waals surface area (Å²) in [6.07, 6.45) is 0.486. The molecular formula is C11H17N3O5S. The van der Waals surface area contributed by atoms with Gasteiger partial charge < -0.3 is 10.5 Å². The van der Waals surface area contributed by atoms with Gasteiger partial charge in [-0.2, -0.15) is 0 Å². The molecule has 1 aromatic carbocycles. The summed E-state index contributed by atoms with van der Waals surface area (Å²) >= 11 is 0. The van der Waals surface area contributed by atoms with E-state index in [1.807, 2.05) is 0 Å². The number of rotatable bonds is 7. The number of nitrogens with two attached hydrogens (primary N) is 1. The molecule has 1 atom stereocenters. The molecule has 112 valence electrons. The van der Waals surface area contributed by atoms with E-state index in [0.29, 0.717) is 6.42 Å². The first kappa shape index (κ1) is 16.3. The van der Waals surface area contributed by atoms with Gasteiger partial charge in [0, 0.05) is 12.6 Å². The number of hydrogen-bond acceptors (Lipinski definition) is 6. The summed E-state index contributed by atoms with van der Waals surface area (Å²) in [4.78, 5) is 9.82. The van der Waals surface area contributed by atoms with Gasteiger partial charge in [-0.3, -0.25) is 10.1 Å². The number of ether oxygens (including phenoxy) is 1. The Bertz CT molecular complexity index is 584. The van der Waals surface area contributed by atoms with Crippen LogP contribution in [0.4, 0.5) is 5.69 Å². The normalized spacial score (nSPS) is 12.9. The summed E-state index contributed by atoms with van der Waals surface area (Å²) in [5, 5.41) is 11.0. The zero-order valence-corrected chi connectivity index (χ0v) is 12.0. The van der Waals surface area contributed by atoms with E-state index < -0.39 is 31.6 Å². The van der Waals surface area contributed by atoms with Crippen LogP contribution >= 0.6 is 0 Å². The van der Waals surface area contributed by atoms with Gasteiger partial charge in [0.2, 0.25) is 10.0 Å². The number of nitro groups is 1. The Morgan fingerprint density at radius 1 is 1.50 bits per heavy atom. The molecule has 3 N–H and O–H groups in total. The fourth-order valence-electron chi connectivity index (χ4n) is 1.58. The van der Waals surface area contributed by atoms with Crippen molar-refractivity contribution >= 4 is 15.7 Å². The van der Waals surface area contributed by atoms with Gasteiger partial charge in [0.05, 0.1) is 18.1 Å². The minimum Gasteiger partial charge on any atom is -0.497 e. The maximum Gasteiger partial charge on any atom is 0.293 e. The predicted molar refractivity (Wildman–Crippen MR) is 73.1 cm³/mol. The summed E-state index contributed by atoms with van der Waals surface area (Å²) in [6, 6.07) is 3.09. The second-order valence-corrected chi connectivity index (χ2v) is 5.74. The van der Waals surface area contributed by atoms with Crippen LogP contribution in [0.2, 0.25) is 0 Å². The minimum absolute atomic E-state index is 0.111. The first-order chi connectivity index (χ1) is 9.35. The number of nitro benzene ring substituents is 1. The van der Waals surface area contributed by atoms with Gasteiger partial charge in [0.25, 0.3) is 5.69 Å². The Morgan fingerprint density at radius 3 is 2.60 bits per heavy atom. The van der Waals surface area contributed by atoms with E-state index in [1.165, 1.54) is 13.2 Å². The fraction of sp³-hybridized carbons (Fsp3) is 0.455. The number of methoxy groups -OCH3 is 1. The number of benzene rings is 1. The average Bonchev–Trinajstić information content (AvgIpc) is 2.43. The number of nitrogens with one attached hydrogen (secondary N) is 1. The van der Waals surface area contributed by atoms with Crippen LogP contribution in [-0.2, 0) is 10.0 Å². The van der Waals surface area contributed by atoms with Crippen LogP contribution in [0.3, 0.4) is 0 Å². The molecule has 8 nitrogen and oxygen atoms in total. The number of sulfonamides is 1. The second-order valence-electron chi connectivity index (χ2n) is 4.05. The standard InChI is InChI=1S/C11H17N3O5S/c1-3-8(7-12)13-20(17,18)11-5-4-9(19-2)6-10(11)14(15)16/h4-6,8,13H,3,7,12H2,1-2H3. The highest BCUT2D eigenvalue weighted by molar-refractivity contribution is 7.89. The lowest BCUT2D eigenvalue weighted by Gasteiger charge is -2.15. The highest BCUT2D eigenvalue weighted by Gasteiger charge is 2.28. The van der Waals surface area contributed by atoms with E-state index in [2.05, 4.69) is 4.72 Å². The highest BCUT2D eigenvalue weighted by atomic mass is 32.2. The lowest BCUT2D eigenvalue weighted by molar-refractivity contribution is -0.387. The van der Waals surface area contributed by atoms with Crippen LogP contribution in [0.25, 0.3) is 0 Å². The van der Waals surface area contributed by atoms with Crippen LogP contribution in [0.15, 0.2) is 23.1 Å². The van der Waals surface area contributed by atoms with E-state index in [0.717, 1.165) is 12.1 Å². The molecule has 0 saturated carbocycles. The Kier molecular flexibility index (Phi) is 5.43. The third kappa shape index (κ3) is 3.65. The maximum atomic E-state index is 12.2. The molecule has 0 spiro atoms. The predicted octanol–water partition coefficient (Wildman–Crippen LogP) is 0.619. The Labute approximate surface area is 117 Å². The third-order valence-corrected chi connectivity index (χ3v) is 4.32. The third-order valence-electron chi connectivity index (χ3n) is 2.75. The largest absolute Gasteiger partial charge is 0.497 e. The Balaban J connectivity index is 3.27. The quantitative estimate of drug-likeness (QED) is 0.562. The van der Waals surface area contributed by atoms with Crippen molar-refractivity contribution in [2.75, 3.05) is 13.7 Å². The number of nitrogens with zero attached hydrogens (tertiary/aromatic N) is 1. The zero-order valence-electron chi connectivity index (χ0n) is 11.2. The minimum atomic E-state index is -4.01. The molecule has 0 heterocycles. The first-order valence-corrected chi connectivity index (χ1v) is 7.38. The van der Waals surface area contributed by atoms with Gasteiger partial charge in [0.1, 0.15) is 5.75 Å². The van der Waals surface area contributed by atoms with Gasteiger partial charge in [-0.1, -0.05) is 6.92 Å². The van der Waals surface area contributed by atoms with Crippen LogP contribution in [0, 0.1) is 10.1 Å². The van der Waals surface area contributed by atoms with Crippen LogP contribution in [0.5, 0.6) is 5.75 Å². The molecule has 0 aliphatic carbocycles. The van der Waals surface area contributed by atoms with Crippen LogP contribution < -0.4 is 15.2 Å². The van der Waals surface area contributed by atoms with Gasteiger partial charge in [-0.05, 0) is 18.6 Å². The van der Waals surface area contributed by atoms with Crippen molar-refractivity contribution in [3.8, 4) is 5.75 Å². The molecular weight excluding hydrogens is 286 g/mol. The Hall–Kier alpha value is -1.71. The van der Waals surface area contributed by atoms with E-state index in [4.69, 9.17) is 10.5 Å². The molecule has 20 heavy (non-hydrogen) atoms. The summed E-state index contributed by atoms with van der Waals surface area (Å²) < 4.78 is 31.5. The van der Waals surface area contributed by atoms with Gasteiger partial charge in [-0.25, -0.2) is 13.1 Å². The molecule has 0 saturated heterocycles. The molecule has 1 aromatic rings. The number of hydrogen-bond donors (Lipinski definition) is 2. The van der Waals surface area contributed by atoms with Crippen molar-refractivity contribution in [3.63, 3.8) is 0 Å². The molecule has 0 aliphatic heterocycles. The molecule has 9 heteroatoms. The van der Waals surface area contributed by atoms with E-state index >= 15 is 0 Å². The summed E-state index contributed by atoms with van der Waals surface area (Å²) in [6.45, 7) is 1.88. The molecule has 0 amide bonds. The molecule has 0 aromatic heterocycles. The fourth-order valence-corrected chi connectivity index (χ4v) is 3.06. The monoisotopic (exact) mass is 303 g/mol. The lowest BCUT2D eigenvalue weighted by Crippen LogP contribution is -2.39. The molecule has 0 aliphatic rings. The maximum absolute atomic E-state index is 12.2. The summed E-state index contributed by atoms with van der Waals surface area (Å²) in [5.41, 5.74) is 4.89. The molecule has 0 radical (unpaired) electrons. The smallest absolute Gasteiger partial charge is 0.293 e. The first-order valence-electron chi connectivity index (χ1n) is 5.90. The van der Waals surface area contributed by atoms with E-state index in [1.54, 1.807) is 6.92 Å². The average molecular weight is 303 g/mol. The van der Waals surface area contributed by atoms with Crippen molar-refractivity contribution < 1.29 is 18.1 Å². The van der Waals surface area contributed by atoms with Gasteiger partial charge in [0.15, 0.2) is 4.90 Å². The van der Waals surface area contributed by atoms with Crippen molar-refractivity contribution in [2.24, 2.45) is 5.73 Å². The van der Waals surface area contributed by atoms with E-state index in [-0.39, 0.29) is 12.3 Å². The lowest BCUT2D eigenvalue weighted by atomic mass is 10.2. The van der Waals surface area contributed by atoms with Crippen molar-refractivity contribution in [1.29, 1.82) is 0 Å². The van der Waals surface area contributed by atoms with Gasteiger partial charge in [-0.15, -0.1) is 0 Å². The van der Waals surface area contributed by atoms with Gasteiger partial charge >= 0.3 is 0 Å². The molecule has 1 unspecified atom stereocenters. The summed E-state index contributed by atoms with van der Waals surface area (Å²) in [5.74, 6) is 0.210. The SMILES string of the molecule is CCC(CN)NS(=O)(=O)c1ccc(OC)cc1[N+](=O)[O-]. The van der Waals surface area contributed by atoms with E-state index in [9.17, 15) is 18.5 Å². The van der Waals surface area contributed by atoms with Crippen LogP contribution in [0.1, 0.15) is 13.3 Å². The zero-order chi connectivity index (χ0) is 15.3. The molecule has 0 fully saturated rings. The van der Waals surface area contributed by atoms with Crippen molar-refractivity contribution in [3.05, 3.63) is 28.3 Å². The highest BCUT2D eigenvalue weighted by Crippen LogP contribution is 2.28. The molecule has 1 rings (SSSR count). The van der Waals surface area contributed by atoms with Crippen molar-refractivity contribution in [1.82, 2.24) is 4.72 Å². The summed E-state index contributed by atoms with van der Waals surface area (Å²) in [7, 11) is -2.67. The topological polar surface area (TPSA) is 125 Å².